The van der Waals surface area contributed by atoms with E-state index in [9.17, 15) is 9.90 Å². The summed E-state index contributed by atoms with van der Waals surface area (Å²) in [6, 6.07) is 6.27. The molecule has 1 unspecified atom stereocenters. The van der Waals surface area contributed by atoms with E-state index < -0.39 is 6.10 Å². The van der Waals surface area contributed by atoms with Gasteiger partial charge in [0.25, 0.3) is 0 Å². The highest BCUT2D eigenvalue weighted by atomic mass is 32.1. The maximum Gasteiger partial charge on any atom is 0.209 e. The van der Waals surface area contributed by atoms with Crippen LogP contribution >= 0.6 is 11.3 Å². The third-order valence-corrected chi connectivity index (χ3v) is 6.09. The largest absolute Gasteiger partial charge is 0.388 e. The second kappa shape index (κ2) is 8.16. The van der Waals surface area contributed by atoms with Crippen LogP contribution in [0.4, 0.5) is 10.8 Å². The van der Waals surface area contributed by atoms with Crippen molar-refractivity contribution >= 4 is 28.6 Å². The van der Waals surface area contributed by atoms with Gasteiger partial charge in [0.05, 0.1) is 16.7 Å². The van der Waals surface area contributed by atoms with E-state index in [1.807, 2.05) is 11.8 Å². The minimum absolute atomic E-state index is 0.500. The van der Waals surface area contributed by atoms with Crippen LogP contribution in [0.3, 0.4) is 0 Å². The average molecular weight is 375 g/mol. The first-order chi connectivity index (χ1) is 12.5. The fourth-order valence-electron chi connectivity index (χ4n) is 3.22. The summed E-state index contributed by atoms with van der Waals surface area (Å²) in [6.07, 6.45) is 0.436. The average Bonchev–Trinajstić information content (AvgIpc) is 3.00. The first kappa shape index (κ1) is 18.8. The molecule has 2 N–H and O–H groups in total. The molecule has 1 aromatic heterocycles. The summed E-state index contributed by atoms with van der Waals surface area (Å²) in [4.78, 5) is 20.5. The van der Waals surface area contributed by atoms with Crippen molar-refractivity contribution < 1.29 is 9.90 Å². The Morgan fingerprint density at radius 3 is 2.65 bits per heavy atom. The second-order valence-corrected chi connectivity index (χ2v) is 7.81. The van der Waals surface area contributed by atoms with Gasteiger partial charge in [-0.2, -0.15) is 0 Å². The number of aliphatic hydroxyl groups is 1. The molecule has 1 fully saturated rings. The maximum atomic E-state index is 10.8. The molecule has 3 rings (SSSR count). The van der Waals surface area contributed by atoms with Gasteiger partial charge in [0.2, 0.25) is 6.41 Å². The van der Waals surface area contributed by atoms with E-state index in [-0.39, 0.29) is 0 Å². The summed E-state index contributed by atoms with van der Waals surface area (Å²) in [6.45, 7) is 10.1. The Labute approximate surface area is 158 Å². The maximum absolute atomic E-state index is 10.8. The lowest BCUT2D eigenvalue weighted by Crippen LogP contribution is -2.45. The Morgan fingerprint density at radius 2 is 2.04 bits per heavy atom. The summed E-state index contributed by atoms with van der Waals surface area (Å²) in [5.74, 6) is 0. The number of nitrogens with one attached hydrogen (secondary N) is 1. The van der Waals surface area contributed by atoms with Crippen LogP contribution in [0.1, 0.15) is 34.7 Å². The molecule has 0 spiro atoms. The van der Waals surface area contributed by atoms with Crippen molar-refractivity contribution in [2.45, 2.75) is 33.4 Å². The van der Waals surface area contributed by atoms with Crippen LogP contribution in [0, 0.1) is 13.8 Å². The molecule has 0 aliphatic carbocycles. The number of aromatic nitrogens is 1. The number of benzene rings is 1. The lowest BCUT2D eigenvalue weighted by atomic mass is 10.1. The number of aliphatic hydroxyl groups excluding tert-OH is 1. The van der Waals surface area contributed by atoms with Gasteiger partial charge in [-0.05, 0) is 38.0 Å². The van der Waals surface area contributed by atoms with Crippen LogP contribution in [-0.4, -0.2) is 52.5 Å². The van der Waals surface area contributed by atoms with E-state index in [4.69, 9.17) is 0 Å². The SMILES string of the molecule is Cc1nc(Nc2cccc(CN3CCN(C=O)CC3)c2C)sc1C(C)O. The van der Waals surface area contributed by atoms with Crippen LogP contribution < -0.4 is 5.32 Å². The van der Waals surface area contributed by atoms with E-state index in [2.05, 4.69) is 40.3 Å². The molecule has 7 heteroatoms. The van der Waals surface area contributed by atoms with Gasteiger partial charge in [0.15, 0.2) is 5.13 Å². The van der Waals surface area contributed by atoms with E-state index >= 15 is 0 Å². The molecule has 0 bridgehead atoms. The zero-order valence-electron chi connectivity index (χ0n) is 15.5. The molecule has 0 radical (unpaired) electrons. The van der Waals surface area contributed by atoms with Crippen molar-refractivity contribution in [1.29, 1.82) is 0 Å². The summed E-state index contributed by atoms with van der Waals surface area (Å²) >= 11 is 1.49. The van der Waals surface area contributed by atoms with Crippen molar-refractivity contribution in [2.75, 3.05) is 31.5 Å². The molecule has 6 nitrogen and oxygen atoms in total. The van der Waals surface area contributed by atoms with E-state index in [0.29, 0.717) is 0 Å². The number of piperazine rings is 1. The molecule has 1 amide bonds. The lowest BCUT2D eigenvalue weighted by Gasteiger charge is -2.32. The van der Waals surface area contributed by atoms with E-state index in [0.717, 1.165) is 60.5 Å². The zero-order valence-corrected chi connectivity index (χ0v) is 16.3. The number of amides is 1. The van der Waals surface area contributed by atoms with Crippen molar-refractivity contribution in [2.24, 2.45) is 0 Å². The number of nitrogens with zero attached hydrogens (tertiary/aromatic N) is 3. The lowest BCUT2D eigenvalue weighted by molar-refractivity contribution is -0.119. The van der Waals surface area contributed by atoms with Gasteiger partial charge >= 0.3 is 0 Å². The number of carbonyl (C=O) groups is 1. The fraction of sp³-hybridized carbons (Fsp3) is 0.474. The molecular formula is C19H26N4O2S. The Kier molecular flexibility index (Phi) is 5.90. The van der Waals surface area contributed by atoms with Gasteiger partial charge in [-0.3, -0.25) is 9.69 Å². The minimum Gasteiger partial charge on any atom is -0.388 e. The third kappa shape index (κ3) is 4.23. The molecule has 1 aliphatic rings. The number of thiazole rings is 1. The van der Waals surface area contributed by atoms with Crippen LogP contribution in [-0.2, 0) is 11.3 Å². The van der Waals surface area contributed by atoms with E-state index in [1.54, 1.807) is 6.92 Å². The zero-order chi connectivity index (χ0) is 18.7. The third-order valence-electron chi connectivity index (χ3n) is 4.85. The normalized spacial score (nSPS) is 16.5. The molecule has 2 aromatic rings. The minimum atomic E-state index is -0.500. The molecule has 1 atom stereocenters. The second-order valence-electron chi connectivity index (χ2n) is 6.78. The van der Waals surface area contributed by atoms with Crippen LogP contribution in [0.5, 0.6) is 0 Å². The number of hydrogen-bond donors (Lipinski definition) is 2. The first-order valence-corrected chi connectivity index (χ1v) is 9.72. The van der Waals surface area contributed by atoms with Crippen molar-refractivity contribution in [3.05, 3.63) is 39.9 Å². The Hall–Kier alpha value is -1.96. The van der Waals surface area contributed by atoms with Crippen molar-refractivity contribution in [3.8, 4) is 0 Å². The smallest absolute Gasteiger partial charge is 0.209 e. The number of carbonyl (C=O) groups excluding carboxylic acids is 1. The standard InChI is InChI=1S/C19H26N4O2S/c1-13-16(11-22-7-9-23(12-24)10-8-22)5-4-6-17(13)21-19-20-14(2)18(26-19)15(3)25/h4-6,12,15,25H,7-11H2,1-3H3,(H,20,21). The first-order valence-electron chi connectivity index (χ1n) is 8.90. The number of rotatable bonds is 6. The fourth-order valence-corrected chi connectivity index (χ4v) is 4.14. The van der Waals surface area contributed by atoms with Gasteiger partial charge < -0.3 is 15.3 Å². The highest BCUT2D eigenvalue weighted by Gasteiger charge is 2.17. The predicted octanol–water partition coefficient (Wildman–Crippen LogP) is 2.83. The van der Waals surface area contributed by atoms with Gasteiger partial charge in [-0.15, -0.1) is 0 Å². The molecule has 1 saturated heterocycles. The summed E-state index contributed by atoms with van der Waals surface area (Å²) in [7, 11) is 0. The monoisotopic (exact) mass is 374 g/mol. The van der Waals surface area contributed by atoms with Crippen molar-refractivity contribution in [3.63, 3.8) is 0 Å². The highest BCUT2D eigenvalue weighted by molar-refractivity contribution is 7.15. The quantitative estimate of drug-likeness (QED) is 0.761. The number of anilines is 2. The molecule has 2 heterocycles. The Bertz CT molecular complexity index is 767. The Morgan fingerprint density at radius 1 is 1.31 bits per heavy atom. The summed E-state index contributed by atoms with van der Waals surface area (Å²) in [5, 5.41) is 14.0. The molecule has 1 aliphatic heterocycles. The van der Waals surface area contributed by atoms with Crippen LogP contribution in [0.2, 0.25) is 0 Å². The highest BCUT2D eigenvalue weighted by Crippen LogP contribution is 2.31. The molecule has 26 heavy (non-hydrogen) atoms. The van der Waals surface area contributed by atoms with Gasteiger partial charge in [-0.1, -0.05) is 23.5 Å². The van der Waals surface area contributed by atoms with Crippen LogP contribution in [0.15, 0.2) is 18.2 Å². The van der Waals surface area contributed by atoms with Gasteiger partial charge in [0.1, 0.15) is 0 Å². The Balaban J connectivity index is 1.71. The van der Waals surface area contributed by atoms with Crippen molar-refractivity contribution in [1.82, 2.24) is 14.8 Å². The number of aryl methyl sites for hydroxylation is 1. The molecule has 1 aromatic carbocycles. The topological polar surface area (TPSA) is 68.7 Å². The predicted molar refractivity (Wildman–Crippen MR) is 105 cm³/mol. The van der Waals surface area contributed by atoms with Gasteiger partial charge in [0, 0.05) is 38.4 Å². The van der Waals surface area contributed by atoms with Gasteiger partial charge in [-0.25, -0.2) is 4.98 Å². The van der Waals surface area contributed by atoms with Crippen LogP contribution in [0.25, 0.3) is 0 Å². The van der Waals surface area contributed by atoms with E-state index in [1.165, 1.54) is 22.5 Å². The number of hydrogen-bond acceptors (Lipinski definition) is 6. The summed E-state index contributed by atoms with van der Waals surface area (Å²) < 4.78 is 0. The molecular weight excluding hydrogens is 348 g/mol. The summed E-state index contributed by atoms with van der Waals surface area (Å²) in [5.41, 5.74) is 4.39. The molecule has 140 valence electrons. The molecule has 0 saturated carbocycles.